The Kier molecular flexibility index (Phi) is 9.28. The summed E-state index contributed by atoms with van der Waals surface area (Å²) in [5.74, 6) is 0.319. The van der Waals surface area contributed by atoms with Crippen LogP contribution in [0.15, 0.2) is 40.6 Å². The maximum absolute atomic E-state index is 11.4. The van der Waals surface area contributed by atoms with Gasteiger partial charge in [0.25, 0.3) is 0 Å². The fraction of sp³-hybridized carbons (Fsp3) is 0.529. The Morgan fingerprint density at radius 1 is 1.04 bits per heavy atom. The zero-order chi connectivity index (χ0) is 16.9. The minimum absolute atomic E-state index is 0.0860. The summed E-state index contributed by atoms with van der Waals surface area (Å²) in [5, 5.41) is 6.41. The summed E-state index contributed by atoms with van der Waals surface area (Å²) in [7, 11) is 0. The standard InChI is InChI=1S/C17H24N2O4/c1-3-5-9-14(4-2)12-22-16(20)18-19-17(21)23-13-15-10-7-6-8-11-15/h6-8,10-11,14H,3-5,9,12-13H2,1-2H3/b19-18+. The lowest BCUT2D eigenvalue weighted by molar-refractivity contribution is 0.127. The summed E-state index contributed by atoms with van der Waals surface area (Å²) in [5.41, 5.74) is 0.834. The van der Waals surface area contributed by atoms with Crippen molar-refractivity contribution in [2.45, 2.75) is 46.1 Å². The van der Waals surface area contributed by atoms with Gasteiger partial charge in [-0.3, -0.25) is 0 Å². The fourth-order valence-electron chi connectivity index (χ4n) is 1.95. The normalized spacial score (nSPS) is 12.1. The molecule has 126 valence electrons. The second kappa shape index (κ2) is 11.3. The molecular weight excluding hydrogens is 296 g/mol. The van der Waals surface area contributed by atoms with E-state index in [4.69, 9.17) is 9.47 Å². The molecule has 6 nitrogen and oxygen atoms in total. The van der Waals surface area contributed by atoms with E-state index in [0.29, 0.717) is 12.5 Å². The molecule has 0 fully saturated rings. The van der Waals surface area contributed by atoms with Crippen molar-refractivity contribution in [3.8, 4) is 0 Å². The molecule has 0 radical (unpaired) electrons. The van der Waals surface area contributed by atoms with Crippen molar-refractivity contribution in [2.75, 3.05) is 6.61 Å². The third-order valence-electron chi connectivity index (χ3n) is 3.40. The van der Waals surface area contributed by atoms with E-state index in [9.17, 15) is 9.59 Å². The Bertz CT molecular complexity index is 503. The number of rotatable bonds is 8. The van der Waals surface area contributed by atoms with E-state index < -0.39 is 12.2 Å². The van der Waals surface area contributed by atoms with Crippen molar-refractivity contribution in [1.82, 2.24) is 0 Å². The zero-order valence-electron chi connectivity index (χ0n) is 13.7. The number of carbonyl (C=O) groups excluding carboxylic acids is 2. The zero-order valence-corrected chi connectivity index (χ0v) is 13.7. The van der Waals surface area contributed by atoms with Crippen molar-refractivity contribution < 1.29 is 19.1 Å². The smallest absolute Gasteiger partial charge is 0.447 e. The van der Waals surface area contributed by atoms with Crippen molar-refractivity contribution in [3.05, 3.63) is 35.9 Å². The van der Waals surface area contributed by atoms with Gasteiger partial charge in [-0.15, -0.1) is 0 Å². The Hall–Kier alpha value is -2.24. The molecule has 6 heteroatoms. The summed E-state index contributed by atoms with van der Waals surface area (Å²) in [6, 6.07) is 9.18. The van der Waals surface area contributed by atoms with Crippen LogP contribution in [0, 0.1) is 5.92 Å². The largest absolute Gasteiger partial charge is 0.452 e. The molecule has 0 saturated heterocycles. The molecule has 0 bridgehead atoms. The number of ether oxygens (including phenoxy) is 2. The van der Waals surface area contributed by atoms with Crippen LogP contribution in [0.25, 0.3) is 0 Å². The van der Waals surface area contributed by atoms with Crippen LogP contribution >= 0.6 is 0 Å². The summed E-state index contributed by atoms with van der Waals surface area (Å²) in [4.78, 5) is 22.8. The van der Waals surface area contributed by atoms with Crippen LogP contribution in [-0.2, 0) is 16.1 Å². The minimum Gasteiger partial charge on any atom is -0.447 e. The molecule has 1 aromatic rings. The number of amides is 2. The Morgan fingerprint density at radius 2 is 1.70 bits per heavy atom. The molecular formula is C17H24N2O4. The Balaban J connectivity index is 2.26. The fourth-order valence-corrected chi connectivity index (χ4v) is 1.95. The van der Waals surface area contributed by atoms with Crippen LogP contribution in [0.1, 0.15) is 45.1 Å². The maximum atomic E-state index is 11.4. The second-order valence-electron chi connectivity index (χ2n) is 5.23. The summed E-state index contributed by atoms with van der Waals surface area (Å²) >= 11 is 0. The Morgan fingerprint density at radius 3 is 2.30 bits per heavy atom. The lowest BCUT2D eigenvalue weighted by Crippen LogP contribution is -2.11. The van der Waals surface area contributed by atoms with E-state index in [1.54, 1.807) is 0 Å². The van der Waals surface area contributed by atoms with Crippen molar-refractivity contribution in [2.24, 2.45) is 16.1 Å². The first-order valence-corrected chi connectivity index (χ1v) is 7.94. The lowest BCUT2D eigenvalue weighted by atomic mass is 10.0. The van der Waals surface area contributed by atoms with Gasteiger partial charge in [0.15, 0.2) is 0 Å². The topological polar surface area (TPSA) is 77.3 Å². The molecule has 2 amide bonds. The van der Waals surface area contributed by atoms with Gasteiger partial charge in [-0.05, 0) is 17.9 Å². The Labute approximate surface area is 136 Å². The van der Waals surface area contributed by atoms with Crippen LogP contribution in [0.4, 0.5) is 9.59 Å². The van der Waals surface area contributed by atoms with Crippen LogP contribution < -0.4 is 0 Å². The summed E-state index contributed by atoms with van der Waals surface area (Å²) in [6.07, 6.45) is 2.38. The molecule has 0 aliphatic heterocycles. The molecule has 0 saturated carbocycles. The van der Waals surface area contributed by atoms with Crippen LogP contribution in [0.3, 0.4) is 0 Å². The van der Waals surface area contributed by atoms with E-state index in [0.717, 1.165) is 31.2 Å². The molecule has 0 spiro atoms. The molecule has 0 aromatic heterocycles. The van der Waals surface area contributed by atoms with E-state index >= 15 is 0 Å². The molecule has 0 aliphatic rings. The highest BCUT2D eigenvalue weighted by Gasteiger charge is 2.10. The third kappa shape index (κ3) is 8.70. The molecule has 1 rings (SSSR count). The third-order valence-corrected chi connectivity index (χ3v) is 3.40. The van der Waals surface area contributed by atoms with E-state index in [-0.39, 0.29) is 6.61 Å². The molecule has 0 N–H and O–H groups in total. The average molecular weight is 320 g/mol. The lowest BCUT2D eigenvalue weighted by Gasteiger charge is -2.12. The van der Waals surface area contributed by atoms with Gasteiger partial charge < -0.3 is 9.47 Å². The summed E-state index contributed by atoms with van der Waals surface area (Å²) in [6.45, 7) is 4.56. The van der Waals surface area contributed by atoms with Crippen LogP contribution in [0.5, 0.6) is 0 Å². The van der Waals surface area contributed by atoms with Crippen molar-refractivity contribution in [1.29, 1.82) is 0 Å². The van der Waals surface area contributed by atoms with Crippen LogP contribution in [-0.4, -0.2) is 18.8 Å². The van der Waals surface area contributed by atoms with Gasteiger partial charge in [0.05, 0.1) is 6.61 Å². The predicted molar refractivity (Wildman–Crippen MR) is 86.1 cm³/mol. The first kappa shape index (κ1) is 18.8. The molecule has 1 aromatic carbocycles. The van der Waals surface area contributed by atoms with Gasteiger partial charge in [0.1, 0.15) is 6.61 Å². The number of hydrogen-bond acceptors (Lipinski definition) is 4. The predicted octanol–water partition coefficient (Wildman–Crippen LogP) is 5.13. The van der Waals surface area contributed by atoms with Gasteiger partial charge in [-0.1, -0.05) is 73.7 Å². The van der Waals surface area contributed by atoms with E-state index in [2.05, 4.69) is 24.1 Å². The first-order valence-electron chi connectivity index (χ1n) is 7.94. The highest BCUT2D eigenvalue weighted by Crippen LogP contribution is 2.13. The maximum Gasteiger partial charge on any atom is 0.452 e. The van der Waals surface area contributed by atoms with Crippen LogP contribution in [0.2, 0.25) is 0 Å². The van der Waals surface area contributed by atoms with Gasteiger partial charge in [-0.25, -0.2) is 9.59 Å². The monoisotopic (exact) mass is 320 g/mol. The second-order valence-corrected chi connectivity index (χ2v) is 5.23. The number of hydrogen-bond donors (Lipinski definition) is 0. The van der Waals surface area contributed by atoms with Gasteiger partial charge in [0.2, 0.25) is 0 Å². The molecule has 0 heterocycles. The number of carbonyl (C=O) groups is 2. The van der Waals surface area contributed by atoms with Gasteiger partial charge in [0, 0.05) is 0 Å². The quantitative estimate of drug-likeness (QED) is 0.622. The highest BCUT2D eigenvalue weighted by atomic mass is 16.6. The highest BCUT2D eigenvalue weighted by molar-refractivity contribution is 5.73. The number of unbranched alkanes of at least 4 members (excludes halogenated alkanes) is 1. The number of nitrogens with zero attached hydrogens (tertiary/aromatic N) is 2. The van der Waals surface area contributed by atoms with Gasteiger partial charge in [-0.2, -0.15) is 0 Å². The van der Waals surface area contributed by atoms with E-state index in [1.165, 1.54) is 0 Å². The van der Waals surface area contributed by atoms with Crippen molar-refractivity contribution in [3.63, 3.8) is 0 Å². The van der Waals surface area contributed by atoms with Gasteiger partial charge >= 0.3 is 12.2 Å². The minimum atomic E-state index is -0.913. The molecule has 1 atom stereocenters. The van der Waals surface area contributed by atoms with E-state index in [1.807, 2.05) is 30.3 Å². The number of benzene rings is 1. The molecule has 0 aliphatic carbocycles. The van der Waals surface area contributed by atoms with Crippen molar-refractivity contribution >= 4 is 12.2 Å². The molecule has 23 heavy (non-hydrogen) atoms. The SMILES string of the molecule is CCCCC(CC)COC(=O)/N=N/C(=O)OCc1ccccc1. The molecule has 1 unspecified atom stereocenters. The average Bonchev–Trinajstić information content (AvgIpc) is 2.59. The first-order chi connectivity index (χ1) is 11.2. The number of azo groups is 1. The summed E-state index contributed by atoms with van der Waals surface area (Å²) < 4.78 is 9.87.